The van der Waals surface area contributed by atoms with Gasteiger partial charge in [-0.3, -0.25) is 23.7 Å². The molecular weight excluding hydrogens is 874 g/mol. The number of para-hydroxylation sites is 1. The van der Waals surface area contributed by atoms with E-state index in [9.17, 15) is 32.0 Å². The van der Waals surface area contributed by atoms with Gasteiger partial charge < -0.3 is 25.0 Å². The lowest BCUT2D eigenvalue weighted by atomic mass is 10.0. The van der Waals surface area contributed by atoms with E-state index in [-0.39, 0.29) is 43.7 Å². The molecule has 2 aliphatic heterocycles. The Morgan fingerprint density at radius 2 is 1.82 bits per heavy atom. The molecule has 2 aromatic heterocycles. The minimum Gasteiger partial charge on any atom is -0.459 e. The van der Waals surface area contributed by atoms with Gasteiger partial charge in [-0.1, -0.05) is 43.2 Å². The number of nitrogens with one attached hydrogen (secondary N) is 3. The molecule has 0 spiro atoms. The van der Waals surface area contributed by atoms with Gasteiger partial charge in [-0.15, -0.1) is 11.3 Å². The zero-order valence-electron chi connectivity index (χ0n) is 37.7. The van der Waals surface area contributed by atoms with Crippen LogP contribution in [0, 0.1) is 11.7 Å². The Balaban J connectivity index is 1.11. The minimum absolute atomic E-state index is 0.0126. The number of hydrogen-bond acceptors (Lipinski definition) is 11. The molecule has 4 heterocycles. The summed E-state index contributed by atoms with van der Waals surface area (Å²) in [5.41, 5.74) is 1.62. The van der Waals surface area contributed by atoms with E-state index in [1.54, 1.807) is 39.8 Å². The topological polar surface area (TPSA) is 191 Å². The highest BCUT2D eigenvalue weighted by Crippen LogP contribution is 2.48. The van der Waals surface area contributed by atoms with Gasteiger partial charge in [-0.05, 0) is 110 Å². The molecule has 4 amide bonds. The number of carbonyl (C=O) groups is 4. The molecule has 348 valence electrons. The molecule has 2 aliphatic carbocycles. The number of sulfonamides is 1. The molecule has 15 nitrogen and oxygen atoms in total. The third kappa shape index (κ3) is 9.93. The summed E-state index contributed by atoms with van der Waals surface area (Å²) in [4.78, 5) is 68.0. The fraction of sp³-hybridized carbons (Fsp3) is 0.532. The number of nitrogens with zero attached hydrogens (tertiary/aromatic N) is 4. The van der Waals surface area contributed by atoms with Crippen LogP contribution in [0.2, 0.25) is 0 Å². The minimum atomic E-state index is -4.02. The summed E-state index contributed by atoms with van der Waals surface area (Å²) < 4.78 is 55.6. The first-order valence-corrected chi connectivity index (χ1v) is 24.8. The predicted molar refractivity (Wildman–Crippen MR) is 244 cm³/mol. The average Bonchev–Trinajstić information content (AvgIpc) is 3.92. The van der Waals surface area contributed by atoms with Crippen molar-refractivity contribution >= 4 is 56.2 Å². The molecule has 8 rings (SSSR count). The van der Waals surface area contributed by atoms with Gasteiger partial charge in [0.2, 0.25) is 21.8 Å². The Bertz CT molecular complexity index is 2620. The van der Waals surface area contributed by atoms with E-state index in [1.165, 1.54) is 28.4 Å². The molecule has 2 saturated carbocycles. The van der Waals surface area contributed by atoms with Crippen molar-refractivity contribution in [3.8, 4) is 16.6 Å². The molecular formula is C47H58FN7O8S2. The number of benzene rings is 2. The lowest BCUT2D eigenvalue weighted by Crippen LogP contribution is -2.58. The summed E-state index contributed by atoms with van der Waals surface area (Å²) in [5, 5.41) is 8.41. The van der Waals surface area contributed by atoms with Crippen LogP contribution in [0.1, 0.15) is 117 Å². The Morgan fingerprint density at radius 1 is 1.06 bits per heavy atom. The fourth-order valence-electron chi connectivity index (χ4n) is 8.72. The predicted octanol–water partition coefficient (Wildman–Crippen LogP) is 7.11. The Kier molecular flexibility index (Phi) is 12.6. The molecule has 0 radical (unpaired) electrons. The zero-order chi connectivity index (χ0) is 46.5. The monoisotopic (exact) mass is 931 g/mol. The van der Waals surface area contributed by atoms with Crippen LogP contribution in [0.4, 0.5) is 9.18 Å². The van der Waals surface area contributed by atoms with Crippen LogP contribution in [0.5, 0.6) is 6.01 Å². The van der Waals surface area contributed by atoms with Gasteiger partial charge >= 0.3 is 6.09 Å². The number of carbonyl (C=O) groups excluding carboxylic acids is 4. The van der Waals surface area contributed by atoms with Gasteiger partial charge in [0, 0.05) is 35.7 Å². The lowest BCUT2D eigenvalue weighted by Gasteiger charge is -2.30. The van der Waals surface area contributed by atoms with Crippen molar-refractivity contribution in [3.63, 3.8) is 0 Å². The third-order valence-corrected chi connectivity index (χ3v) is 15.8. The number of ether oxygens (including phenoxy) is 2. The van der Waals surface area contributed by atoms with Gasteiger partial charge in [0.05, 0.1) is 22.5 Å². The zero-order valence-corrected chi connectivity index (χ0v) is 39.3. The molecule has 18 heteroatoms. The Labute approximate surface area is 383 Å². The molecule has 4 aliphatic rings. The number of allylic oxidation sites excluding steroid dienone is 1. The van der Waals surface area contributed by atoms with E-state index in [2.05, 4.69) is 15.4 Å². The number of imidazole rings is 1. The van der Waals surface area contributed by atoms with E-state index in [1.807, 2.05) is 54.1 Å². The molecule has 0 unspecified atom stereocenters. The summed E-state index contributed by atoms with van der Waals surface area (Å²) >= 11 is 1.47. The molecule has 3 N–H and O–H groups in total. The van der Waals surface area contributed by atoms with Crippen molar-refractivity contribution in [1.82, 2.24) is 34.8 Å². The van der Waals surface area contributed by atoms with Crippen LogP contribution < -0.4 is 20.1 Å². The van der Waals surface area contributed by atoms with Crippen LogP contribution in [-0.2, 0) is 35.6 Å². The first-order valence-electron chi connectivity index (χ1n) is 22.5. The van der Waals surface area contributed by atoms with Gasteiger partial charge in [-0.25, -0.2) is 22.6 Å². The second-order valence-corrected chi connectivity index (χ2v) is 22.4. The summed E-state index contributed by atoms with van der Waals surface area (Å²) in [6, 6.07) is 10.1. The third-order valence-electron chi connectivity index (χ3n) is 12.7. The maximum absolute atomic E-state index is 14.8. The highest BCUT2D eigenvalue weighted by Gasteiger charge is 2.63. The van der Waals surface area contributed by atoms with Crippen LogP contribution >= 0.6 is 11.3 Å². The number of rotatable bonds is 10. The van der Waals surface area contributed by atoms with Gasteiger partial charge in [0.15, 0.2) is 0 Å². The Hall–Kier alpha value is -5.36. The van der Waals surface area contributed by atoms with Crippen molar-refractivity contribution in [2.45, 2.75) is 146 Å². The van der Waals surface area contributed by atoms with Crippen molar-refractivity contribution in [2.24, 2.45) is 5.92 Å². The first kappa shape index (κ1) is 46.2. The summed E-state index contributed by atoms with van der Waals surface area (Å²) in [6.07, 6.45) is 6.95. The van der Waals surface area contributed by atoms with Gasteiger partial charge in [0.25, 0.3) is 11.9 Å². The van der Waals surface area contributed by atoms with Crippen LogP contribution in [-0.4, -0.2) is 92.3 Å². The maximum Gasteiger partial charge on any atom is 0.408 e. The second kappa shape index (κ2) is 17.8. The largest absolute Gasteiger partial charge is 0.459 e. The van der Waals surface area contributed by atoms with E-state index < -0.39 is 73.8 Å². The summed E-state index contributed by atoms with van der Waals surface area (Å²) in [5.74, 6) is -2.73. The highest BCUT2D eigenvalue weighted by atomic mass is 32.2. The van der Waals surface area contributed by atoms with Crippen LogP contribution in [0.3, 0.4) is 0 Å². The van der Waals surface area contributed by atoms with Crippen molar-refractivity contribution in [2.75, 3.05) is 6.54 Å². The quantitative estimate of drug-likeness (QED) is 0.138. The van der Waals surface area contributed by atoms with E-state index in [4.69, 9.17) is 19.4 Å². The number of amides is 4. The SMILES string of the molecule is CC(C)n1c(O[C@@H]2C[C@H]3C(=O)N[C@]4(C(=O)NS(=O)(=O)C5(C)CC5)C[C@H]4/C=C\CCCCC[C@H](NC(=O)OC(C)(C)C)C(=O)N3C2)nc2c(-c3nc(Cc4ccc(F)cc4)cs3)cccc21. The standard InChI is InChI=1S/C47H58FN7O8S2/c1-28(2)55-36-16-12-14-34(40-49-32(27-64-40)23-29-17-19-31(48)20-18-29)38(36)51-43(55)62-33-24-37-39(56)52-47(42(58)53-65(60,61)46(6)21-22-46)25-30(47)13-10-8-7-9-11-15-35(41(57)54(37)26-33)50-44(59)63-45(3,4)5/h10,12-14,16-20,27-28,30,33,35,37H,7-9,11,15,21-26H2,1-6H3,(H,50,59)(H,52,56)(H,53,58)/b13-10-/t30-,33-,35+,37+,47-/m1/s1. The first-order chi connectivity index (χ1) is 30.8. The number of alkyl carbamates (subject to hydrolysis) is 1. The molecule has 0 bridgehead atoms. The number of aromatic nitrogens is 3. The lowest BCUT2D eigenvalue weighted by molar-refractivity contribution is -0.141. The van der Waals surface area contributed by atoms with Crippen molar-refractivity contribution in [3.05, 3.63) is 77.1 Å². The summed E-state index contributed by atoms with van der Waals surface area (Å²) in [6.45, 7) is 10.7. The summed E-state index contributed by atoms with van der Waals surface area (Å²) in [7, 11) is -4.02. The second-order valence-electron chi connectivity index (χ2n) is 19.4. The van der Waals surface area contributed by atoms with Crippen molar-refractivity contribution in [1.29, 1.82) is 0 Å². The maximum atomic E-state index is 14.8. The number of hydrogen-bond donors (Lipinski definition) is 3. The molecule has 65 heavy (non-hydrogen) atoms. The molecule has 4 aromatic rings. The van der Waals surface area contributed by atoms with Gasteiger partial charge in [0.1, 0.15) is 45.7 Å². The highest BCUT2D eigenvalue weighted by molar-refractivity contribution is 7.91. The number of fused-ring (bicyclic) bond motifs is 3. The van der Waals surface area contributed by atoms with E-state index in [0.717, 1.165) is 40.2 Å². The van der Waals surface area contributed by atoms with Crippen LogP contribution in [0.15, 0.2) is 60.0 Å². The normalized spacial score (nSPS) is 25.1. The van der Waals surface area contributed by atoms with Crippen molar-refractivity contribution < 1.29 is 41.5 Å². The molecule has 5 atom stereocenters. The van der Waals surface area contributed by atoms with E-state index >= 15 is 0 Å². The smallest absolute Gasteiger partial charge is 0.408 e. The van der Waals surface area contributed by atoms with E-state index in [0.29, 0.717) is 37.6 Å². The number of halogens is 1. The fourth-order valence-corrected chi connectivity index (χ4v) is 10.9. The molecule has 1 saturated heterocycles. The Morgan fingerprint density at radius 3 is 2.52 bits per heavy atom. The average molecular weight is 932 g/mol. The molecule has 3 fully saturated rings. The molecule has 2 aromatic carbocycles. The van der Waals surface area contributed by atoms with Gasteiger partial charge in [-0.2, -0.15) is 4.98 Å². The number of thiazole rings is 1. The van der Waals surface area contributed by atoms with Crippen LogP contribution in [0.25, 0.3) is 21.6 Å².